The molecule has 0 aliphatic heterocycles. The van der Waals surface area contributed by atoms with Gasteiger partial charge in [-0.3, -0.25) is 4.79 Å². The van der Waals surface area contributed by atoms with E-state index < -0.39 is 12.1 Å². The zero-order chi connectivity index (χ0) is 45.6. The van der Waals surface area contributed by atoms with E-state index in [0.29, 0.717) is 6.42 Å². The van der Waals surface area contributed by atoms with Crippen molar-refractivity contribution in [3.8, 4) is 0 Å². The van der Waals surface area contributed by atoms with Crippen molar-refractivity contribution in [3.05, 3.63) is 72.9 Å². The molecule has 0 heterocycles. The van der Waals surface area contributed by atoms with E-state index in [1.165, 1.54) is 199 Å². The molecule has 0 aromatic rings. The van der Waals surface area contributed by atoms with Crippen molar-refractivity contribution in [1.82, 2.24) is 5.32 Å². The highest BCUT2D eigenvalue weighted by Gasteiger charge is 2.18. The molecule has 0 aromatic heterocycles. The standard InChI is InChI=1S/C59H107NO3/c1-3-5-7-9-11-13-15-17-19-21-23-25-26-27-28-29-30-31-32-33-34-35-37-39-41-43-45-47-49-51-53-55-59(63)60-57(56-61)58(62)54-52-50-48-46-44-42-40-38-36-24-22-20-18-16-14-12-10-8-6-4-2/h5,7,11,13,17,19,23,25,44,46,52,54,57-58,61-62H,3-4,6,8-10,12,14-16,18,20-22,24,26-43,45,47-51,53,55-56H2,1-2H3,(H,60,63)/b7-5-,13-11-,19-17-,25-23-,46-44+,54-52+. The second kappa shape index (κ2) is 54.2. The number of hydrogen-bond acceptors (Lipinski definition) is 3. The maximum absolute atomic E-state index is 12.5. The molecule has 0 saturated heterocycles. The van der Waals surface area contributed by atoms with Gasteiger partial charge in [-0.05, 0) is 70.6 Å². The molecule has 366 valence electrons. The molecule has 4 nitrogen and oxygen atoms in total. The number of nitrogens with one attached hydrogen (secondary N) is 1. The largest absolute Gasteiger partial charge is 0.394 e. The van der Waals surface area contributed by atoms with Crippen LogP contribution in [0.2, 0.25) is 0 Å². The molecular weight excluding hydrogens is 771 g/mol. The van der Waals surface area contributed by atoms with Crippen molar-refractivity contribution in [2.75, 3.05) is 6.61 Å². The number of unbranched alkanes of at least 4 members (excludes halogenated alkanes) is 33. The highest BCUT2D eigenvalue weighted by atomic mass is 16.3. The minimum Gasteiger partial charge on any atom is -0.394 e. The van der Waals surface area contributed by atoms with E-state index >= 15 is 0 Å². The minimum absolute atomic E-state index is 0.0721. The Morgan fingerprint density at radius 2 is 0.714 bits per heavy atom. The van der Waals surface area contributed by atoms with Gasteiger partial charge in [-0.25, -0.2) is 0 Å². The van der Waals surface area contributed by atoms with Crippen LogP contribution >= 0.6 is 0 Å². The summed E-state index contributed by atoms with van der Waals surface area (Å²) in [5.41, 5.74) is 0. The third-order valence-corrected chi connectivity index (χ3v) is 12.4. The van der Waals surface area contributed by atoms with Crippen LogP contribution in [0, 0.1) is 0 Å². The van der Waals surface area contributed by atoms with E-state index in [1.54, 1.807) is 6.08 Å². The molecule has 2 atom stereocenters. The van der Waals surface area contributed by atoms with Crippen molar-refractivity contribution < 1.29 is 15.0 Å². The summed E-state index contributed by atoms with van der Waals surface area (Å²) in [6.07, 6.45) is 77.7. The van der Waals surface area contributed by atoms with Crippen LogP contribution in [0.4, 0.5) is 0 Å². The number of carbonyl (C=O) groups is 1. The van der Waals surface area contributed by atoms with Crippen molar-refractivity contribution in [2.24, 2.45) is 0 Å². The van der Waals surface area contributed by atoms with E-state index in [4.69, 9.17) is 0 Å². The van der Waals surface area contributed by atoms with Gasteiger partial charge in [0.05, 0.1) is 18.8 Å². The van der Waals surface area contributed by atoms with Crippen LogP contribution in [0.15, 0.2) is 72.9 Å². The second-order valence-corrected chi connectivity index (χ2v) is 18.6. The van der Waals surface area contributed by atoms with Gasteiger partial charge in [0.15, 0.2) is 0 Å². The third-order valence-electron chi connectivity index (χ3n) is 12.4. The maximum Gasteiger partial charge on any atom is 0.220 e. The monoisotopic (exact) mass is 878 g/mol. The third kappa shape index (κ3) is 50.7. The van der Waals surface area contributed by atoms with Gasteiger partial charge in [0.25, 0.3) is 0 Å². The second-order valence-electron chi connectivity index (χ2n) is 18.6. The maximum atomic E-state index is 12.5. The number of aliphatic hydroxyl groups is 2. The first-order chi connectivity index (χ1) is 31.2. The van der Waals surface area contributed by atoms with Crippen LogP contribution in [0.5, 0.6) is 0 Å². The zero-order valence-corrected chi connectivity index (χ0v) is 42.1. The van der Waals surface area contributed by atoms with Gasteiger partial charge in [-0.1, -0.05) is 273 Å². The average Bonchev–Trinajstić information content (AvgIpc) is 3.29. The smallest absolute Gasteiger partial charge is 0.220 e. The number of aliphatic hydroxyl groups excluding tert-OH is 2. The lowest BCUT2D eigenvalue weighted by Crippen LogP contribution is -2.45. The predicted octanol–water partition coefficient (Wildman–Crippen LogP) is 18.2. The van der Waals surface area contributed by atoms with Crippen molar-refractivity contribution in [2.45, 2.75) is 289 Å². The minimum atomic E-state index is -0.864. The number of amides is 1. The van der Waals surface area contributed by atoms with Crippen LogP contribution in [0.25, 0.3) is 0 Å². The van der Waals surface area contributed by atoms with Gasteiger partial charge in [-0.15, -0.1) is 0 Å². The molecule has 1 amide bonds. The Kier molecular flexibility index (Phi) is 52.3. The summed E-state index contributed by atoms with van der Waals surface area (Å²) in [5.74, 6) is -0.0721. The summed E-state index contributed by atoms with van der Waals surface area (Å²) in [6, 6.07) is -0.641. The molecule has 0 aromatic carbocycles. The lowest BCUT2D eigenvalue weighted by atomic mass is 10.0. The van der Waals surface area contributed by atoms with E-state index in [9.17, 15) is 15.0 Å². The van der Waals surface area contributed by atoms with Crippen LogP contribution in [0.1, 0.15) is 277 Å². The molecule has 0 aliphatic carbocycles. The van der Waals surface area contributed by atoms with Gasteiger partial charge in [-0.2, -0.15) is 0 Å². The average molecular weight is 879 g/mol. The Balaban J connectivity index is 3.51. The first-order valence-corrected chi connectivity index (χ1v) is 27.7. The molecule has 0 aliphatic rings. The first kappa shape index (κ1) is 60.8. The molecule has 4 heteroatoms. The normalized spacial score (nSPS) is 13.4. The molecular formula is C59H107NO3. The summed E-state index contributed by atoms with van der Waals surface area (Å²) in [7, 11) is 0. The fourth-order valence-electron chi connectivity index (χ4n) is 8.25. The van der Waals surface area contributed by atoms with Crippen molar-refractivity contribution in [3.63, 3.8) is 0 Å². The molecule has 2 unspecified atom stereocenters. The topological polar surface area (TPSA) is 69.6 Å². The van der Waals surface area contributed by atoms with Crippen LogP contribution in [0.3, 0.4) is 0 Å². The Morgan fingerprint density at radius 3 is 1.11 bits per heavy atom. The van der Waals surface area contributed by atoms with Crippen molar-refractivity contribution >= 4 is 5.91 Å². The van der Waals surface area contributed by atoms with E-state index in [2.05, 4.69) is 79.9 Å². The van der Waals surface area contributed by atoms with Crippen LogP contribution in [-0.2, 0) is 4.79 Å². The van der Waals surface area contributed by atoms with Gasteiger partial charge >= 0.3 is 0 Å². The lowest BCUT2D eigenvalue weighted by Gasteiger charge is -2.19. The number of carbonyl (C=O) groups excluding carboxylic acids is 1. The summed E-state index contributed by atoms with van der Waals surface area (Å²) >= 11 is 0. The summed E-state index contributed by atoms with van der Waals surface area (Å²) in [4.78, 5) is 12.5. The highest BCUT2D eigenvalue weighted by molar-refractivity contribution is 5.76. The van der Waals surface area contributed by atoms with Gasteiger partial charge < -0.3 is 15.5 Å². The van der Waals surface area contributed by atoms with Crippen molar-refractivity contribution in [1.29, 1.82) is 0 Å². The Hall–Kier alpha value is -2.17. The number of hydrogen-bond donors (Lipinski definition) is 3. The van der Waals surface area contributed by atoms with Gasteiger partial charge in [0, 0.05) is 6.42 Å². The Labute approximate surface area is 393 Å². The molecule has 0 fully saturated rings. The van der Waals surface area contributed by atoms with Crippen LogP contribution < -0.4 is 5.32 Å². The summed E-state index contributed by atoms with van der Waals surface area (Å²) in [5, 5.41) is 23.1. The predicted molar refractivity (Wildman–Crippen MR) is 281 cm³/mol. The molecule has 0 radical (unpaired) electrons. The molecule has 0 spiro atoms. The Morgan fingerprint density at radius 1 is 0.397 bits per heavy atom. The van der Waals surface area contributed by atoms with E-state index in [0.717, 1.165) is 57.8 Å². The molecule has 3 N–H and O–H groups in total. The molecule has 63 heavy (non-hydrogen) atoms. The van der Waals surface area contributed by atoms with Gasteiger partial charge in [0.1, 0.15) is 0 Å². The Bertz CT molecular complexity index is 1090. The summed E-state index contributed by atoms with van der Waals surface area (Å²) < 4.78 is 0. The fourth-order valence-corrected chi connectivity index (χ4v) is 8.25. The SMILES string of the molecule is CC/C=C\C/C=C\C/C=C\C/C=C\CCCCCCCCCCCCCCCCCCCCC(=O)NC(CO)C(O)/C=C/CC/C=C/CCCCCCCCCCCCCCCC. The van der Waals surface area contributed by atoms with Gasteiger partial charge in [0.2, 0.25) is 5.91 Å². The number of allylic oxidation sites excluding steroid dienone is 11. The molecule has 0 bridgehead atoms. The quantitative estimate of drug-likeness (QED) is 0.0421. The lowest BCUT2D eigenvalue weighted by molar-refractivity contribution is -0.123. The molecule has 0 rings (SSSR count). The van der Waals surface area contributed by atoms with Crippen LogP contribution in [-0.4, -0.2) is 34.9 Å². The zero-order valence-electron chi connectivity index (χ0n) is 42.1. The molecule has 0 saturated carbocycles. The fraction of sp³-hybridized carbons (Fsp3) is 0.780. The highest BCUT2D eigenvalue weighted by Crippen LogP contribution is 2.16. The summed E-state index contributed by atoms with van der Waals surface area (Å²) in [6.45, 7) is 4.20. The van der Waals surface area contributed by atoms with E-state index in [1.807, 2.05) is 6.08 Å². The number of rotatable bonds is 50. The first-order valence-electron chi connectivity index (χ1n) is 27.7. The van der Waals surface area contributed by atoms with E-state index in [-0.39, 0.29) is 12.5 Å².